The highest BCUT2D eigenvalue weighted by Crippen LogP contribution is 2.28. The molecule has 0 aliphatic rings. The Morgan fingerprint density at radius 1 is 1.47 bits per heavy atom. The molecule has 7 nitrogen and oxygen atoms in total. The second-order valence-corrected chi connectivity index (χ2v) is 6.04. The van der Waals surface area contributed by atoms with Crippen molar-refractivity contribution >= 4 is 15.7 Å². The van der Waals surface area contributed by atoms with E-state index < -0.39 is 26.4 Å². The standard InChI is InChI=1S/C11H16N2O5S/c1-3-8(2)7-12-19(17,18)9-4-5-11(14)10(6-9)13(15)16/h4-6,8,12,14H,3,7H2,1-2H3. The van der Waals surface area contributed by atoms with Gasteiger partial charge in [0, 0.05) is 12.6 Å². The van der Waals surface area contributed by atoms with Crippen molar-refractivity contribution in [1.82, 2.24) is 4.72 Å². The number of hydrogen-bond acceptors (Lipinski definition) is 5. The van der Waals surface area contributed by atoms with E-state index in [1.54, 1.807) is 0 Å². The lowest BCUT2D eigenvalue weighted by Crippen LogP contribution is -2.28. The smallest absolute Gasteiger partial charge is 0.312 e. The van der Waals surface area contributed by atoms with Gasteiger partial charge in [0.25, 0.3) is 0 Å². The third kappa shape index (κ3) is 3.90. The van der Waals surface area contributed by atoms with Crippen LogP contribution in [0.1, 0.15) is 20.3 Å². The van der Waals surface area contributed by atoms with Crippen molar-refractivity contribution in [2.24, 2.45) is 5.92 Å². The monoisotopic (exact) mass is 288 g/mol. The Morgan fingerprint density at radius 2 is 2.11 bits per heavy atom. The van der Waals surface area contributed by atoms with Crippen molar-refractivity contribution < 1.29 is 18.4 Å². The van der Waals surface area contributed by atoms with E-state index in [9.17, 15) is 23.6 Å². The first-order valence-corrected chi connectivity index (χ1v) is 7.23. The van der Waals surface area contributed by atoms with Crippen molar-refractivity contribution in [2.75, 3.05) is 6.54 Å². The lowest BCUT2D eigenvalue weighted by Gasteiger charge is -2.10. The minimum absolute atomic E-state index is 0.168. The fourth-order valence-electron chi connectivity index (χ4n) is 1.30. The summed E-state index contributed by atoms with van der Waals surface area (Å²) in [4.78, 5) is 9.58. The Bertz CT molecular complexity index is 570. The molecule has 0 radical (unpaired) electrons. The van der Waals surface area contributed by atoms with Crippen LogP contribution in [0.3, 0.4) is 0 Å². The van der Waals surface area contributed by atoms with Crippen LogP contribution in [0.4, 0.5) is 5.69 Å². The van der Waals surface area contributed by atoms with Crippen LogP contribution in [-0.4, -0.2) is 25.0 Å². The van der Waals surface area contributed by atoms with Crippen molar-refractivity contribution in [3.63, 3.8) is 0 Å². The number of nitro benzene ring substituents is 1. The molecular formula is C11H16N2O5S. The average Bonchev–Trinajstić information content (AvgIpc) is 2.35. The predicted molar refractivity (Wildman–Crippen MR) is 69.4 cm³/mol. The SMILES string of the molecule is CCC(C)CNS(=O)(=O)c1ccc(O)c([N+](=O)[O-])c1. The van der Waals surface area contributed by atoms with Crippen molar-refractivity contribution in [2.45, 2.75) is 25.2 Å². The van der Waals surface area contributed by atoms with Crippen LogP contribution >= 0.6 is 0 Å². The van der Waals surface area contributed by atoms with E-state index in [1.807, 2.05) is 13.8 Å². The quantitative estimate of drug-likeness (QED) is 0.610. The first kappa shape index (κ1) is 15.4. The van der Waals surface area contributed by atoms with E-state index >= 15 is 0 Å². The van der Waals surface area contributed by atoms with Gasteiger partial charge in [-0.3, -0.25) is 10.1 Å². The van der Waals surface area contributed by atoms with E-state index in [0.29, 0.717) is 0 Å². The van der Waals surface area contributed by atoms with Crippen LogP contribution in [0.15, 0.2) is 23.1 Å². The molecule has 8 heteroatoms. The Kier molecular flexibility index (Phi) is 4.84. The minimum atomic E-state index is -3.80. The number of aromatic hydroxyl groups is 1. The number of hydrogen-bond donors (Lipinski definition) is 2. The third-order valence-corrected chi connectivity index (χ3v) is 4.19. The molecule has 0 bridgehead atoms. The van der Waals surface area contributed by atoms with E-state index in [1.165, 1.54) is 0 Å². The van der Waals surface area contributed by atoms with Gasteiger partial charge in [0.2, 0.25) is 10.0 Å². The van der Waals surface area contributed by atoms with Crippen LogP contribution in [0, 0.1) is 16.0 Å². The Balaban J connectivity index is 3.02. The topological polar surface area (TPSA) is 110 Å². The van der Waals surface area contributed by atoms with E-state index in [4.69, 9.17) is 0 Å². The molecule has 0 saturated heterocycles. The van der Waals surface area contributed by atoms with Crippen molar-refractivity contribution in [3.8, 4) is 5.75 Å². The average molecular weight is 288 g/mol. The number of nitrogens with zero attached hydrogens (tertiary/aromatic N) is 1. The summed E-state index contributed by atoms with van der Waals surface area (Å²) in [5.74, 6) is -0.396. The molecule has 1 rings (SSSR count). The summed E-state index contributed by atoms with van der Waals surface area (Å²) in [5, 5.41) is 19.9. The normalized spacial score (nSPS) is 13.2. The molecule has 0 spiro atoms. The Morgan fingerprint density at radius 3 is 2.63 bits per heavy atom. The predicted octanol–water partition coefficient (Wildman–Crippen LogP) is 1.62. The molecule has 0 heterocycles. The Labute approximate surface area is 111 Å². The van der Waals surface area contributed by atoms with Gasteiger partial charge in [-0.05, 0) is 18.1 Å². The maximum Gasteiger partial charge on any atom is 0.312 e. The van der Waals surface area contributed by atoms with Crippen LogP contribution in [0.5, 0.6) is 5.75 Å². The van der Waals surface area contributed by atoms with Gasteiger partial charge in [-0.2, -0.15) is 0 Å². The zero-order valence-electron chi connectivity index (χ0n) is 10.7. The molecule has 1 unspecified atom stereocenters. The zero-order valence-corrected chi connectivity index (χ0v) is 11.5. The fourth-order valence-corrected chi connectivity index (χ4v) is 2.48. The second-order valence-electron chi connectivity index (χ2n) is 4.27. The maximum atomic E-state index is 11.9. The van der Waals surface area contributed by atoms with E-state index in [0.717, 1.165) is 24.6 Å². The van der Waals surface area contributed by atoms with Gasteiger partial charge in [-0.15, -0.1) is 0 Å². The molecule has 19 heavy (non-hydrogen) atoms. The number of sulfonamides is 1. The molecule has 0 aliphatic carbocycles. The largest absolute Gasteiger partial charge is 0.502 e. The number of benzene rings is 1. The van der Waals surface area contributed by atoms with Crippen LogP contribution in [0.2, 0.25) is 0 Å². The molecule has 2 N–H and O–H groups in total. The third-order valence-electron chi connectivity index (χ3n) is 2.77. The van der Waals surface area contributed by atoms with Crippen LogP contribution < -0.4 is 4.72 Å². The summed E-state index contributed by atoms with van der Waals surface area (Å²) in [6.07, 6.45) is 0.818. The molecular weight excluding hydrogens is 272 g/mol. The molecule has 0 saturated carbocycles. The number of nitrogens with one attached hydrogen (secondary N) is 1. The van der Waals surface area contributed by atoms with Crippen LogP contribution in [-0.2, 0) is 10.0 Å². The van der Waals surface area contributed by atoms with Gasteiger partial charge in [-0.25, -0.2) is 13.1 Å². The van der Waals surface area contributed by atoms with Gasteiger partial charge in [0.05, 0.1) is 9.82 Å². The van der Waals surface area contributed by atoms with Gasteiger partial charge in [0.15, 0.2) is 5.75 Å². The first-order chi connectivity index (χ1) is 8.77. The highest BCUT2D eigenvalue weighted by atomic mass is 32.2. The van der Waals surface area contributed by atoms with Gasteiger partial charge >= 0.3 is 5.69 Å². The summed E-state index contributed by atoms with van der Waals surface area (Å²) in [5.41, 5.74) is -0.633. The molecule has 1 atom stereocenters. The molecule has 1 aromatic rings. The number of phenolic OH excluding ortho intramolecular Hbond substituents is 1. The lowest BCUT2D eigenvalue weighted by molar-refractivity contribution is -0.386. The molecule has 0 amide bonds. The van der Waals surface area contributed by atoms with Crippen LogP contribution in [0.25, 0.3) is 0 Å². The summed E-state index contributed by atoms with van der Waals surface area (Å²) in [6.45, 7) is 4.08. The summed E-state index contributed by atoms with van der Waals surface area (Å²) in [6, 6.07) is 2.96. The molecule has 106 valence electrons. The maximum absolute atomic E-state index is 11.9. The fraction of sp³-hybridized carbons (Fsp3) is 0.455. The Hall–Kier alpha value is -1.67. The van der Waals surface area contributed by atoms with E-state index in [2.05, 4.69) is 4.72 Å². The van der Waals surface area contributed by atoms with Crippen molar-refractivity contribution in [1.29, 1.82) is 0 Å². The number of nitro groups is 1. The van der Waals surface area contributed by atoms with E-state index in [-0.39, 0.29) is 17.4 Å². The van der Waals surface area contributed by atoms with Gasteiger partial charge in [0.1, 0.15) is 0 Å². The van der Waals surface area contributed by atoms with Gasteiger partial charge < -0.3 is 5.11 Å². The zero-order chi connectivity index (χ0) is 14.6. The summed E-state index contributed by atoms with van der Waals surface area (Å²) in [7, 11) is -3.80. The minimum Gasteiger partial charge on any atom is -0.502 e. The lowest BCUT2D eigenvalue weighted by atomic mass is 10.1. The highest BCUT2D eigenvalue weighted by molar-refractivity contribution is 7.89. The summed E-state index contributed by atoms with van der Waals surface area (Å²) >= 11 is 0. The molecule has 0 fully saturated rings. The number of phenols is 1. The highest BCUT2D eigenvalue weighted by Gasteiger charge is 2.21. The number of rotatable bonds is 6. The van der Waals surface area contributed by atoms with Crippen molar-refractivity contribution in [3.05, 3.63) is 28.3 Å². The van der Waals surface area contributed by atoms with Gasteiger partial charge in [-0.1, -0.05) is 20.3 Å². The molecule has 1 aromatic carbocycles. The first-order valence-electron chi connectivity index (χ1n) is 5.75. The molecule has 0 aliphatic heterocycles. The summed E-state index contributed by atoms with van der Waals surface area (Å²) < 4.78 is 26.2. The second kappa shape index (κ2) is 5.98. The molecule has 0 aromatic heterocycles.